The topological polar surface area (TPSA) is 67.4 Å². The van der Waals surface area contributed by atoms with Crippen LogP contribution in [0.4, 0.5) is 0 Å². The molecule has 0 aromatic rings. The summed E-state index contributed by atoms with van der Waals surface area (Å²) in [7, 11) is 1.34. The van der Waals surface area contributed by atoms with E-state index < -0.39 is 6.04 Å². The number of methoxy groups -OCH3 is 1. The number of halogens is 1. The average Bonchev–Trinajstić information content (AvgIpc) is 2.35. The molecule has 1 saturated heterocycles. The minimum atomic E-state index is -0.547. The highest BCUT2D eigenvalue weighted by molar-refractivity contribution is 5.86. The van der Waals surface area contributed by atoms with E-state index in [4.69, 9.17) is 4.74 Å². The molecule has 0 bridgehead atoms. The van der Waals surface area contributed by atoms with Gasteiger partial charge in [0.1, 0.15) is 6.04 Å². The van der Waals surface area contributed by atoms with Gasteiger partial charge in [0.2, 0.25) is 5.91 Å². The van der Waals surface area contributed by atoms with Crippen molar-refractivity contribution >= 4 is 24.3 Å². The molecule has 1 heterocycles. The standard InChI is InChI=1S/C12H22N2O3.ClH/c1-8(2)10(12(16)17-3)14-11(15)9-5-4-6-13-7-9;/h8-10,13H,4-7H2,1-3H3,(H,14,15);1H/t9-,10?;/m1./s1. The fraction of sp³-hybridized carbons (Fsp3) is 0.833. The minimum absolute atomic E-state index is 0. The van der Waals surface area contributed by atoms with Crippen molar-refractivity contribution in [1.82, 2.24) is 10.6 Å². The number of hydrogen-bond donors (Lipinski definition) is 2. The van der Waals surface area contributed by atoms with Crippen LogP contribution in [-0.2, 0) is 14.3 Å². The summed E-state index contributed by atoms with van der Waals surface area (Å²) < 4.78 is 4.69. The summed E-state index contributed by atoms with van der Waals surface area (Å²) in [5.74, 6) is -0.434. The van der Waals surface area contributed by atoms with Gasteiger partial charge in [-0.15, -0.1) is 12.4 Å². The van der Waals surface area contributed by atoms with Crippen LogP contribution in [-0.4, -0.2) is 38.1 Å². The van der Waals surface area contributed by atoms with E-state index in [1.807, 2.05) is 13.8 Å². The third-order valence-electron chi connectivity index (χ3n) is 3.09. The first-order valence-electron chi connectivity index (χ1n) is 6.15. The Bertz CT molecular complexity index is 278. The fourth-order valence-corrected chi connectivity index (χ4v) is 1.97. The van der Waals surface area contributed by atoms with Crippen LogP contribution in [0.3, 0.4) is 0 Å². The van der Waals surface area contributed by atoms with Gasteiger partial charge >= 0.3 is 5.97 Å². The van der Waals surface area contributed by atoms with E-state index in [9.17, 15) is 9.59 Å². The first-order valence-corrected chi connectivity index (χ1v) is 6.15. The maximum atomic E-state index is 12.0. The molecule has 0 saturated carbocycles. The molecule has 1 aliphatic heterocycles. The highest BCUT2D eigenvalue weighted by atomic mass is 35.5. The van der Waals surface area contributed by atoms with Crippen LogP contribution >= 0.6 is 12.4 Å². The van der Waals surface area contributed by atoms with Crippen LogP contribution < -0.4 is 10.6 Å². The average molecular weight is 279 g/mol. The van der Waals surface area contributed by atoms with Crippen LogP contribution in [0.15, 0.2) is 0 Å². The predicted octanol–water partition coefficient (Wildman–Crippen LogP) is 0.722. The van der Waals surface area contributed by atoms with E-state index in [0.717, 1.165) is 19.4 Å². The number of carbonyl (C=O) groups is 2. The predicted molar refractivity (Wildman–Crippen MR) is 71.6 cm³/mol. The number of piperidine rings is 1. The number of carbonyl (C=O) groups excluding carboxylic acids is 2. The van der Waals surface area contributed by atoms with E-state index >= 15 is 0 Å². The Hall–Kier alpha value is -0.810. The Morgan fingerprint density at radius 3 is 2.50 bits per heavy atom. The van der Waals surface area contributed by atoms with Crippen molar-refractivity contribution in [2.24, 2.45) is 11.8 Å². The second-order valence-electron chi connectivity index (χ2n) is 4.80. The summed E-state index contributed by atoms with van der Waals surface area (Å²) in [4.78, 5) is 23.5. The van der Waals surface area contributed by atoms with Crippen LogP contribution in [0.2, 0.25) is 0 Å². The summed E-state index contributed by atoms with van der Waals surface area (Å²) in [6, 6.07) is -0.547. The first kappa shape index (κ1) is 17.2. The normalized spacial score (nSPS) is 20.8. The number of nitrogens with one attached hydrogen (secondary N) is 2. The lowest BCUT2D eigenvalue weighted by atomic mass is 9.97. The molecule has 6 heteroatoms. The van der Waals surface area contributed by atoms with Crippen LogP contribution in [0.5, 0.6) is 0 Å². The molecule has 1 unspecified atom stereocenters. The molecule has 0 spiro atoms. The van der Waals surface area contributed by atoms with E-state index in [1.54, 1.807) is 0 Å². The molecule has 1 aliphatic rings. The summed E-state index contributed by atoms with van der Waals surface area (Å²) >= 11 is 0. The largest absolute Gasteiger partial charge is 0.467 e. The summed E-state index contributed by atoms with van der Waals surface area (Å²) in [5.41, 5.74) is 0. The highest BCUT2D eigenvalue weighted by Gasteiger charge is 2.28. The third kappa shape index (κ3) is 4.82. The molecule has 5 nitrogen and oxygen atoms in total. The Balaban J connectivity index is 0.00000289. The molecule has 1 fully saturated rings. The number of rotatable bonds is 4. The van der Waals surface area contributed by atoms with Gasteiger partial charge in [0, 0.05) is 6.54 Å². The molecule has 0 aromatic carbocycles. The highest BCUT2D eigenvalue weighted by Crippen LogP contribution is 2.12. The lowest BCUT2D eigenvalue weighted by Gasteiger charge is -2.26. The zero-order valence-electron chi connectivity index (χ0n) is 11.2. The van der Waals surface area contributed by atoms with Crippen LogP contribution in [0.1, 0.15) is 26.7 Å². The van der Waals surface area contributed by atoms with Crippen molar-refractivity contribution < 1.29 is 14.3 Å². The van der Waals surface area contributed by atoms with E-state index in [-0.39, 0.29) is 36.1 Å². The molecule has 0 radical (unpaired) electrons. The van der Waals surface area contributed by atoms with Gasteiger partial charge in [-0.25, -0.2) is 4.79 Å². The minimum Gasteiger partial charge on any atom is -0.467 e. The number of hydrogen-bond acceptors (Lipinski definition) is 4. The number of esters is 1. The van der Waals surface area contributed by atoms with Crippen molar-refractivity contribution in [3.63, 3.8) is 0 Å². The van der Waals surface area contributed by atoms with Gasteiger partial charge in [0.05, 0.1) is 13.0 Å². The molecular formula is C12H23ClN2O3. The second-order valence-corrected chi connectivity index (χ2v) is 4.80. The summed E-state index contributed by atoms with van der Waals surface area (Å²) in [5, 5.41) is 5.97. The van der Waals surface area contributed by atoms with Gasteiger partial charge in [0.25, 0.3) is 0 Å². The zero-order chi connectivity index (χ0) is 12.8. The van der Waals surface area contributed by atoms with Gasteiger partial charge in [0.15, 0.2) is 0 Å². The fourth-order valence-electron chi connectivity index (χ4n) is 1.97. The van der Waals surface area contributed by atoms with Gasteiger partial charge in [-0.2, -0.15) is 0 Å². The van der Waals surface area contributed by atoms with Gasteiger partial charge in [-0.3, -0.25) is 4.79 Å². The second kappa shape index (κ2) is 8.32. The van der Waals surface area contributed by atoms with Crippen molar-refractivity contribution in [1.29, 1.82) is 0 Å². The molecule has 2 N–H and O–H groups in total. The molecule has 18 heavy (non-hydrogen) atoms. The maximum absolute atomic E-state index is 12.0. The van der Waals surface area contributed by atoms with Gasteiger partial charge < -0.3 is 15.4 Å². The molecule has 1 rings (SSSR count). The SMILES string of the molecule is COC(=O)C(NC(=O)[C@@H]1CCCNC1)C(C)C.Cl. The molecule has 0 aromatic heterocycles. The Morgan fingerprint density at radius 2 is 2.06 bits per heavy atom. The van der Waals surface area contributed by atoms with Crippen LogP contribution in [0.25, 0.3) is 0 Å². The number of amides is 1. The Labute approximate surface area is 114 Å². The monoisotopic (exact) mass is 278 g/mol. The molecular weight excluding hydrogens is 256 g/mol. The first-order chi connectivity index (χ1) is 8.06. The van der Waals surface area contributed by atoms with Crippen molar-refractivity contribution in [3.8, 4) is 0 Å². The molecule has 1 amide bonds. The molecule has 106 valence electrons. The molecule has 2 atom stereocenters. The zero-order valence-corrected chi connectivity index (χ0v) is 12.0. The maximum Gasteiger partial charge on any atom is 0.328 e. The lowest BCUT2D eigenvalue weighted by Crippen LogP contribution is -2.49. The quantitative estimate of drug-likeness (QED) is 0.744. The van der Waals surface area contributed by atoms with Gasteiger partial charge in [-0.05, 0) is 25.3 Å². The van der Waals surface area contributed by atoms with E-state index in [0.29, 0.717) is 6.54 Å². The number of ether oxygens (including phenoxy) is 1. The van der Waals surface area contributed by atoms with Crippen molar-refractivity contribution in [3.05, 3.63) is 0 Å². The van der Waals surface area contributed by atoms with Crippen LogP contribution in [0, 0.1) is 11.8 Å². The Kier molecular flexibility index (Phi) is 7.95. The molecule has 0 aliphatic carbocycles. The summed E-state index contributed by atoms with van der Waals surface area (Å²) in [6.07, 6.45) is 1.88. The third-order valence-corrected chi connectivity index (χ3v) is 3.09. The smallest absolute Gasteiger partial charge is 0.328 e. The van der Waals surface area contributed by atoms with Crippen molar-refractivity contribution in [2.75, 3.05) is 20.2 Å². The lowest BCUT2D eigenvalue weighted by molar-refractivity contribution is -0.147. The van der Waals surface area contributed by atoms with E-state index in [1.165, 1.54) is 7.11 Å². The van der Waals surface area contributed by atoms with E-state index in [2.05, 4.69) is 10.6 Å². The van der Waals surface area contributed by atoms with Crippen molar-refractivity contribution in [2.45, 2.75) is 32.7 Å². The summed E-state index contributed by atoms with van der Waals surface area (Å²) in [6.45, 7) is 5.44. The Morgan fingerprint density at radius 1 is 1.39 bits per heavy atom. The van der Waals surface area contributed by atoms with Gasteiger partial charge in [-0.1, -0.05) is 13.8 Å².